The van der Waals surface area contributed by atoms with Crippen LogP contribution in [0.15, 0.2) is 79.6 Å². The first-order valence-electron chi connectivity index (χ1n) is 25.9. The average molecular weight is 1150 g/mol. The molecule has 0 saturated carbocycles. The van der Waals surface area contributed by atoms with Crippen LogP contribution >= 0.6 is 23.2 Å². The van der Waals surface area contributed by atoms with Gasteiger partial charge in [0.15, 0.2) is 21.8 Å². The maximum absolute atomic E-state index is 12.8. The lowest BCUT2D eigenvalue weighted by atomic mass is 10.0. The number of nitrogens with zero attached hydrogens (tertiary/aromatic N) is 13. The molecule has 0 aliphatic carbocycles. The van der Waals surface area contributed by atoms with Crippen molar-refractivity contribution < 1.29 is 42.8 Å². The summed E-state index contributed by atoms with van der Waals surface area (Å²) < 4.78 is 38.5. The Morgan fingerprint density at radius 1 is 0.585 bits per heavy atom. The van der Waals surface area contributed by atoms with Gasteiger partial charge in [0.05, 0.1) is 70.2 Å². The zero-order valence-corrected chi connectivity index (χ0v) is 47.0. The molecule has 24 nitrogen and oxygen atoms in total. The van der Waals surface area contributed by atoms with E-state index in [4.69, 9.17) is 56.9 Å². The molecule has 3 aliphatic heterocycles. The molecule has 3 aliphatic rings. The number of aromatic nitrogens is 9. The SMILES string of the molecule is COc1ccc(-c2cn3ncc(C#N)c3c(O[C@H](C)[C@H]3CNC(=O)C3)n2)cc1OC.COc1ccc([C@@H](C)N2C[C@H]([C@@H](C)Oc3nc(Cl)cn4ncc(C#N)c34)CC2=O)cc1.C[C@@H](Oc1nc(Cl)cn2ncc(C#N)c12)[C@H]1CNC(=O)C1. The number of nitrogens with one attached hydrogen (secondary N) is 2. The van der Waals surface area contributed by atoms with E-state index in [1.807, 2.05) is 75.1 Å². The molecule has 0 spiro atoms. The van der Waals surface area contributed by atoms with Crippen LogP contribution in [0.5, 0.6) is 34.9 Å². The second kappa shape index (κ2) is 24.9. The van der Waals surface area contributed by atoms with Crippen LogP contribution in [0.1, 0.15) is 75.3 Å². The number of hydrogen-bond acceptors (Lipinski definition) is 18. The predicted molar refractivity (Wildman–Crippen MR) is 295 cm³/mol. The van der Waals surface area contributed by atoms with E-state index in [2.05, 4.69) is 53.0 Å². The summed E-state index contributed by atoms with van der Waals surface area (Å²) in [6.07, 6.45) is 9.50. The van der Waals surface area contributed by atoms with Gasteiger partial charge in [-0.05, 0) is 63.6 Å². The van der Waals surface area contributed by atoms with Crippen molar-refractivity contribution in [3.05, 3.63) is 112 Å². The van der Waals surface area contributed by atoms with E-state index >= 15 is 0 Å². The molecule has 3 saturated heterocycles. The van der Waals surface area contributed by atoms with Crippen LogP contribution in [0, 0.1) is 51.7 Å². The molecule has 0 unspecified atom stereocenters. The van der Waals surface area contributed by atoms with Crippen molar-refractivity contribution in [3.8, 4) is 64.4 Å². The number of likely N-dealkylation sites (tertiary alicyclic amines) is 1. The molecule has 7 atom stereocenters. The monoisotopic (exact) mass is 1150 g/mol. The molecule has 0 radical (unpaired) electrons. The van der Waals surface area contributed by atoms with E-state index in [-0.39, 0.29) is 81.9 Å². The molecule has 3 fully saturated rings. The summed E-state index contributed by atoms with van der Waals surface area (Å²) in [6, 6.07) is 19.4. The fraction of sp³-hybridized carbons (Fsp3) is 0.357. The van der Waals surface area contributed by atoms with Crippen LogP contribution in [0.3, 0.4) is 0 Å². The number of nitriles is 3. The molecule has 11 rings (SSSR count). The minimum absolute atomic E-state index is 0.00898. The number of ether oxygens (including phenoxy) is 6. The van der Waals surface area contributed by atoms with Crippen LogP contribution in [-0.4, -0.2) is 126 Å². The van der Waals surface area contributed by atoms with Gasteiger partial charge in [-0.2, -0.15) is 41.0 Å². The molecule has 0 bridgehead atoms. The van der Waals surface area contributed by atoms with E-state index in [1.165, 1.54) is 40.0 Å². The van der Waals surface area contributed by atoms with Crippen molar-refractivity contribution in [1.82, 2.24) is 59.3 Å². The summed E-state index contributed by atoms with van der Waals surface area (Å²) in [5, 5.41) is 46.4. The third kappa shape index (κ3) is 12.3. The van der Waals surface area contributed by atoms with Crippen LogP contribution in [0.25, 0.3) is 27.8 Å². The lowest BCUT2D eigenvalue weighted by molar-refractivity contribution is -0.129. The molecular formula is C56H55Cl2N15O9. The van der Waals surface area contributed by atoms with Crippen LogP contribution in [0.2, 0.25) is 10.3 Å². The Morgan fingerprint density at radius 2 is 1.05 bits per heavy atom. The van der Waals surface area contributed by atoms with Crippen molar-refractivity contribution in [2.75, 3.05) is 41.0 Å². The van der Waals surface area contributed by atoms with Crippen LogP contribution in [0.4, 0.5) is 0 Å². The topological polar surface area (TPSA) is 296 Å². The van der Waals surface area contributed by atoms with Gasteiger partial charge in [-0.15, -0.1) is 0 Å². The number of carbonyl (C=O) groups excluding carboxylic acids is 3. The Bertz CT molecular complexity index is 3830. The number of carbonyl (C=O) groups is 3. The minimum Gasteiger partial charge on any atom is -0.497 e. The van der Waals surface area contributed by atoms with E-state index in [0.29, 0.717) is 95.2 Å². The van der Waals surface area contributed by atoms with Crippen molar-refractivity contribution in [1.29, 1.82) is 15.8 Å². The first kappa shape index (κ1) is 57.3. The minimum atomic E-state index is -0.312. The maximum atomic E-state index is 12.8. The first-order valence-corrected chi connectivity index (χ1v) is 26.6. The summed E-state index contributed by atoms with van der Waals surface area (Å²) in [7, 11) is 4.77. The highest BCUT2D eigenvalue weighted by molar-refractivity contribution is 6.29. The van der Waals surface area contributed by atoms with Gasteiger partial charge in [0.25, 0.3) is 0 Å². The Kier molecular flexibility index (Phi) is 17.4. The van der Waals surface area contributed by atoms with E-state index in [1.54, 1.807) is 38.1 Å². The molecule has 26 heteroatoms. The number of benzene rings is 2. The Hall–Kier alpha value is -9.44. The van der Waals surface area contributed by atoms with Crippen molar-refractivity contribution in [2.45, 2.75) is 71.3 Å². The van der Waals surface area contributed by atoms with Crippen LogP contribution < -0.4 is 39.1 Å². The lowest BCUT2D eigenvalue weighted by Crippen LogP contribution is -2.31. The first-order chi connectivity index (χ1) is 39.5. The maximum Gasteiger partial charge on any atom is 0.243 e. The van der Waals surface area contributed by atoms with Gasteiger partial charge in [-0.25, -0.2) is 18.5 Å². The fourth-order valence-corrected chi connectivity index (χ4v) is 10.1. The van der Waals surface area contributed by atoms with Crippen molar-refractivity contribution >= 4 is 57.5 Å². The summed E-state index contributed by atoms with van der Waals surface area (Å²) in [5.74, 6) is 2.91. The van der Waals surface area contributed by atoms with Crippen LogP contribution in [-0.2, 0) is 14.4 Å². The quantitative estimate of drug-likeness (QED) is 0.105. The molecule has 9 heterocycles. The third-order valence-electron chi connectivity index (χ3n) is 14.5. The Labute approximate surface area is 480 Å². The standard InChI is InChI=1S/C22H22ClN5O3.C21H21N5O4.C13H12ClN5O2/c1-13(15-4-6-18(30-3)7-5-15)27-11-16(8-20(27)29)14(2)31-22-21-17(9-24)10-25-28(21)12-19(23)26-22;1-12(14-7-19(27)23-9-14)30-21-20-15(8-22)10-24-26(20)11-16(25-21)13-4-5-17(28-2)18(6-13)29-3;1-7(8-2-11(20)16-4-8)21-13-12-9(3-15)5-17-19(12)6-10(14)18-13/h4-7,10,12-14,16H,8,11H2,1-3H3;4-6,10-12,14H,7,9H2,1-3H3,(H,23,27);5-8H,2,4H2,1H3,(H,16,20)/t13-,14-,16-;12-,14-;7-,8-/m111/s1. The second-order valence-electron chi connectivity index (χ2n) is 19.6. The highest BCUT2D eigenvalue weighted by atomic mass is 35.5. The van der Waals surface area contributed by atoms with Gasteiger partial charge in [0, 0.05) is 62.2 Å². The van der Waals surface area contributed by atoms with Gasteiger partial charge < -0.3 is 44.0 Å². The third-order valence-corrected chi connectivity index (χ3v) is 14.9. The summed E-state index contributed by atoms with van der Waals surface area (Å²) in [5.41, 5.74) is 4.93. The summed E-state index contributed by atoms with van der Waals surface area (Å²) >= 11 is 12.0. The number of fused-ring (bicyclic) bond motifs is 3. The van der Waals surface area contributed by atoms with Gasteiger partial charge >= 0.3 is 0 Å². The second-order valence-corrected chi connectivity index (χ2v) is 20.4. The predicted octanol–water partition coefficient (Wildman–Crippen LogP) is 6.99. The normalized spacial score (nSPS) is 17.9. The molecule has 82 heavy (non-hydrogen) atoms. The van der Waals surface area contributed by atoms with Gasteiger partial charge in [0.2, 0.25) is 35.4 Å². The number of halogens is 2. The van der Waals surface area contributed by atoms with E-state index in [0.717, 1.165) is 16.9 Å². The number of methoxy groups -OCH3 is 3. The van der Waals surface area contributed by atoms with E-state index in [9.17, 15) is 24.9 Å². The zero-order valence-electron chi connectivity index (χ0n) is 45.5. The number of amides is 3. The van der Waals surface area contributed by atoms with E-state index < -0.39 is 0 Å². The van der Waals surface area contributed by atoms with Crippen molar-refractivity contribution in [2.24, 2.45) is 17.8 Å². The zero-order chi connectivity index (χ0) is 58.4. The highest BCUT2D eigenvalue weighted by Gasteiger charge is 2.38. The molecule has 2 N–H and O–H groups in total. The summed E-state index contributed by atoms with van der Waals surface area (Å²) in [6.45, 7) is 9.37. The number of rotatable bonds is 15. The highest BCUT2D eigenvalue weighted by Crippen LogP contribution is 2.36. The van der Waals surface area contributed by atoms with Gasteiger partial charge in [-0.3, -0.25) is 14.4 Å². The smallest absolute Gasteiger partial charge is 0.243 e. The molecular weight excluding hydrogens is 1100 g/mol. The molecule has 8 aromatic rings. The van der Waals surface area contributed by atoms with Gasteiger partial charge in [0.1, 0.15) is 75.5 Å². The molecule has 2 aromatic carbocycles. The lowest BCUT2D eigenvalue weighted by Gasteiger charge is -2.26. The fourth-order valence-electron chi connectivity index (χ4n) is 9.76. The number of hydrogen-bond donors (Lipinski definition) is 2. The summed E-state index contributed by atoms with van der Waals surface area (Å²) in [4.78, 5) is 50.5. The largest absolute Gasteiger partial charge is 0.497 e. The Balaban J connectivity index is 0.000000151. The molecule has 422 valence electrons. The Morgan fingerprint density at radius 3 is 1.49 bits per heavy atom. The van der Waals surface area contributed by atoms with Gasteiger partial charge in [-0.1, -0.05) is 35.3 Å². The van der Waals surface area contributed by atoms with Crippen molar-refractivity contribution in [3.63, 3.8) is 0 Å². The average Bonchev–Trinajstić information content (AvgIpc) is 4.29. The molecule has 3 amide bonds. The molecule has 6 aromatic heterocycles.